The molecule has 1 fully saturated rings. The molecular weight excluding hydrogens is 513 g/mol. The van der Waals surface area contributed by atoms with Crippen molar-refractivity contribution in [1.29, 1.82) is 0 Å². The smallest absolute Gasteiger partial charge is 0.264 e. The van der Waals surface area contributed by atoms with Gasteiger partial charge in [-0.05, 0) is 54.5 Å². The second-order valence-corrected chi connectivity index (χ2v) is 25.6. The van der Waals surface area contributed by atoms with Crippen molar-refractivity contribution in [3.63, 3.8) is 0 Å². The van der Waals surface area contributed by atoms with Crippen molar-refractivity contribution in [2.24, 2.45) is 17.8 Å². The van der Waals surface area contributed by atoms with Crippen LogP contribution < -0.4 is 0 Å². The van der Waals surface area contributed by atoms with Gasteiger partial charge in [-0.15, -0.1) is 0 Å². The van der Waals surface area contributed by atoms with Crippen molar-refractivity contribution >= 4 is 36.9 Å². The van der Waals surface area contributed by atoms with Crippen LogP contribution in [-0.2, 0) is 37.5 Å². The highest BCUT2D eigenvalue weighted by Gasteiger charge is 2.50. The van der Waals surface area contributed by atoms with Crippen molar-refractivity contribution in [2.75, 3.05) is 32.3 Å². The average molecular weight is 561 g/mol. The highest BCUT2D eigenvalue weighted by molar-refractivity contribution is 7.86. The molecule has 204 valence electrons. The molecule has 8 nitrogen and oxygen atoms in total. The Balaban J connectivity index is 3.34. The first kappa shape index (κ1) is 32.2. The Morgan fingerprint density at radius 3 is 1.56 bits per heavy atom. The molecule has 0 amide bonds. The van der Waals surface area contributed by atoms with Gasteiger partial charge in [0, 0.05) is 12.5 Å². The molecule has 0 unspecified atom stereocenters. The van der Waals surface area contributed by atoms with Gasteiger partial charge in [0.1, 0.15) is 0 Å². The maximum Gasteiger partial charge on any atom is 0.264 e. The number of rotatable bonds is 11. The van der Waals surface area contributed by atoms with Crippen molar-refractivity contribution < 1.29 is 34.1 Å². The van der Waals surface area contributed by atoms with Crippen LogP contribution in [0.25, 0.3) is 0 Å². The van der Waals surface area contributed by atoms with Crippen LogP contribution in [0.1, 0.15) is 48.0 Å². The minimum atomic E-state index is -3.67. The Morgan fingerprint density at radius 2 is 1.15 bits per heavy atom. The summed E-state index contributed by atoms with van der Waals surface area (Å²) in [6.45, 7) is 22.1. The van der Waals surface area contributed by atoms with E-state index in [0.29, 0.717) is 13.0 Å². The fourth-order valence-electron chi connectivity index (χ4n) is 3.58. The highest BCUT2D eigenvalue weighted by Crippen LogP contribution is 2.46. The second kappa shape index (κ2) is 10.9. The van der Waals surface area contributed by atoms with Crippen LogP contribution in [0.4, 0.5) is 0 Å². The Labute approximate surface area is 211 Å². The van der Waals surface area contributed by atoms with E-state index in [1.807, 2.05) is 0 Å². The Hall–Kier alpha value is 0.174. The van der Waals surface area contributed by atoms with Gasteiger partial charge in [0.15, 0.2) is 16.6 Å². The molecule has 0 aromatic heterocycles. The van der Waals surface area contributed by atoms with Gasteiger partial charge in [0.2, 0.25) is 0 Å². The summed E-state index contributed by atoms with van der Waals surface area (Å²) in [6, 6.07) is 0. The summed E-state index contributed by atoms with van der Waals surface area (Å²) < 4.78 is 70.8. The van der Waals surface area contributed by atoms with Crippen molar-refractivity contribution in [3.8, 4) is 0 Å². The third-order valence-electron chi connectivity index (χ3n) is 7.83. The van der Waals surface area contributed by atoms with E-state index in [9.17, 15) is 16.8 Å². The number of hydrogen-bond donors (Lipinski definition) is 0. The summed E-state index contributed by atoms with van der Waals surface area (Å²) in [5.41, 5.74) is 0. The first-order valence-electron chi connectivity index (χ1n) is 11.9. The van der Waals surface area contributed by atoms with Crippen LogP contribution in [0.2, 0.25) is 36.3 Å². The first-order valence-corrected chi connectivity index (χ1v) is 21.3. The molecule has 4 atom stereocenters. The molecule has 0 aromatic rings. The fourth-order valence-corrected chi connectivity index (χ4v) is 6.83. The first-order chi connectivity index (χ1) is 14.9. The van der Waals surface area contributed by atoms with Gasteiger partial charge in [-0.3, -0.25) is 8.37 Å². The molecule has 1 aliphatic carbocycles. The van der Waals surface area contributed by atoms with E-state index in [-0.39, 0.29) is 47.1 Å². The lowest BCUT2D eigenvalue weighted by Crippen LogP contribution is -2.47. The summed E-state index contributed by atoms with van der Waals surface area (Å²) in [4.78, 5) is 0. The van der Waals surface area contributed by atoms with Gasteiger partial charge >= 0.3 is 0 Å². The fraction of sp³-hybridized carbons (Fsp3) is 1.00. The predicted molar refractivity (Wildman–Crippen MR) is 142 cm³/mol. The van der Waals surface area contributed by atoms with Crippen LogP contribution in [0.3, 0.4) is 0 Å². The maximum atomic E-state index is 11.8. The van der Waals surface area contributed by atoms with Gasteiger partial charge in [-0.25, -0.2) is 0 Å². The van der Waals surface area contributed by atoms with Gasteiger partial charge < -0.3 is 8.85 Å². The maximum absolute atomic E-state index is 11.8. The topological polar surface area (TPSA) is 105 Å². The zero-order valence-electron chi connectivity index (χ0n) is 23.2. The molecule has 0 N–H and O–H groups in total. The quantitative estimate of drug-likeness (QED) is 0.267. The van der Waals surface area contributed by atoms with Crippen LogP contribution in [0.15, 0.2) is 0 Å². The van der Waals surface area contributed by atoms with E-state index >= 15 is 0 Å². The summed E-state index contributed by atoms with van der Waals surface area (Å²) in [5.74, 6) is -0.659. The van der Waals surface area contributed by atoms with Crippen LogP contribution in [0.5, 0.6) is 0 Å². The van der Waals surface area contributed by atoms with Gasteiger partial charge in [0.25, 0.3) is 20.2 Å². The van der Waals surface area contributed by atoms with Crippen molar-refractivity contribution in [2.45, 2.75) is 90.3 Å². The standard InChI is InChI=1S/C22H48O8S2Si2/c1-21(2,3)33(9,10)29-16-19-18(15-28-32(8,25)26)17(14-27-31(7,23)24)13-20(19)30-34(11,12)22(4,5)6/h17-20H,13-16H2,1-12H3/t17-,18+,19-,20-/m1/s1. The second-order valence-electron chi connectivity index (χ2n) is 12.8. The lowest BCUT2D eigenvalue weighted by Gasteiger charge is -2.42. The molecule has 34 heavy (non-hydrogen) atoms. The molecule has 0 radical (unpaired) electrons. The SMILES string of the molecule is CC(C)(C)[Si](C)(C)OC[C@@H]1[C@@H](COS(C)(=O)=O)[C@@H](COS(C)(=O)=O)C[C@H]1O[Si](C)(C)C(C)(C)C. The number of hydrogen-bond acceptors (Lipinski definition) is 8. The summed E-state index contributed by atoms with van der Waals surface area (Å²) in [5, 5.41) is -0.00309. The molecule has 1 rings (SSSR count). The molecule has 0 aliphatic heterocycles. The summed E-state index contributed by atoms with van der Waals surface area (Å²) >= 11 is 0. The van der Waals surface area contributed by atoms with Gasteiger partial charge in [0.05, 0.1) is 31.8 Å². The molecule has 0 spiro atoms. The molecule has 0 saturated heterocycles. The lowest BCUT2D eigenvalue weighted by molar-refractivity contribution is 0.0651. The highest BCUT2D eigenvalue weighted by atomic mass is 32.2. The molecular formula is C22H48O8S2Si2. The summed E-state index contributed by atoms with van der Waals surface area (Å²) in [6.07, 6.45) is 2.40. The Morgan fingerprint density at radius 1 is 0.706 bits per heavy atom. The monoisotopic (exact) mass is 560 g/mol. The van der Waals surface area contributed by atoms with E-state index in [0.717, 1.165) is 12.5 Å². The van der Waals surface area contributed by atoms with Crippen molar-refractivity contribution in [1.82, 2.24) is 0 Å². The Kier molecular flexibility index (Phi) is 10.3. The third kappa shape index (κ3) is 9.57. The van der Waals surface area contributed by atoms with Crippen LogP contribution in [-0.4, -0.2) is 71.9 Å². The minimum Gasteiger partial charge on any atom is -0.416 e. The average Bonchev–Trinajstić information content (AvgIpc) is 2.89. The van der Waals surface area contributed by atoms with E-state index in [4.69, 9.17) is 17.2 Å². The van der Waals surface area contributed by atoms with Gasteiger partial charge in [-0.1, -0.05) is 41.5 Å². The molecule has 0 heterocycles. The predicted octanol–water partition coefficient (Wildman–Crippen LogP) is 4.60. The van der Waals surface area contributed by atoms with E-state index in [1.54, 1.807) is 0 Å². The lowest BCUT2D eigenvalue weighted by atomic mass is 9.91. The normalized spacial score (nSPS) is 25.6. The molecule has 1 saturated carbocycles. The third-order valence-corrected chi connectivity index (χ3v) is 18.0. The minimum absolute atomic E-state index is 0.0128. The molecule has 0 aromatic carbocycles. The van der Waals surface area contributed by atoms with Crippen LogP contribution >= 0.6 is 0 Å². The molecule has 0 bridgehead atoms. The zero-order chi connectivity index (χ0) is 27.0. The van der Waals surface area contributed by atoms with E-state index in [2.05, 4.69) is 67.7 Å². The molecule has 1 aliphatic rings. The van der Waals surface area contributed by atoms with Gasteiger partial charge in [-0.2, -0.15) is 16.8 Å². The molecule has 12 heteroatoms. The van der Waals surface area contributed by atoms with Crippen molar-refractivity contribution in [3.05, 3.63) is 0 Å². The zero-order valence-corrected chi connectivity index (χ0v) is 26.9. The largest absolute Gasteiger partial charge is 0.416 e. The summed E-state index contributed by atoms with van der Waals surface area (Å²) in [7, 11) is -11.6. The van der Waals surface area contributed by atoms with E-state index in [1.165, 1.54) is 0 Å². The Bertz CT molecular complexity index is 887. The van der Waals surface area contributed by atoms with Crippen LogP contribution in [0, 0.1) is 17.8 Å². The van der Waals surface area contributed by atoms with E-state index < -0.39 is 36.9 Å².